The number of aryl methyl sites for hydroxylation is 1. The first kappa shape index (κ1) is 28.1. The van der Waals surface area contributed by atoms with Gasteiger partial charge in [0.05, 0.1) is 6.61 Å². The molecule has 0 spiro atoms. The lowest BCUT2D eigenvalue weighted by Crippen LogP contribution is -1.80. The average Bonchev–Trinajstić information content (AvgIpc) is 2.54. The zero-order valence-corrected chi connectivity index (χ0v) is 15.4. The summed E-state index contributed by atoms with van der Waals surface area (Å²) in [6.07, 6.45) is 5.33. The smallest absolute Gasteiger partial charge is 0.106 e. The van der Waals surface area contributed by atoms with Crippen LogP contribution in [0.25, 0.3) is 0 Å². The number of rotatable bonds is 3. The largest absolute Gasteiger partial charge is 0.392 e. The first-order chi connectivity index (χ1) is 10.2. The molecule has 0 radical (unpaired) electrons. The molecule has 126 valence electrons. The zero-order valence-electron chi connectivity index (χ0n) is 15.4. The molecule has 1 rings (SSSR count). The maximum absolute atomic E-state index is 8.63. The van der Waals surface area contributed by atoms with Crippen molar-refractivity contribution in [3.63, 3.8) is 0 Å². The Bertz CT molecular complexity index is 240. The minimum Gasteiger partial charge on any atom is -0.392 e. The number of benzene rings is 1. The highest BCUT2D eigenvalue weighted by Gasteiger charge is 1.85. The normalized spacial score (nSPS) is 7.43. The first-order valence-electron chi connectivity index (χ1n) is 8.11. The van der Waals surface area contributed by atoms with Crippen molar-refractivity contribution < 1.29 is 9.90 Å². The van der Waals surface area contributed by atoms with Gasteiger partial charge in [0.2, 0.25) is 0 Å². The van der Waals surface area contributed by atoms with Crippen molar-refractivity contribution in [2.45, 2.75) is 80.8 Å². The Labute approximate surface area is 133 Å². The highest BCUT2D eigenvalue weighted by Crippen LogP contribution is 2.01. The Morgan fingerprint density at radius 3 is 1.43 bits per heavy atom. The summed E-state index contributed by atoms with van der Waals surface area (Å²) in [6, 6.07) is 7.84. The van der Waals surface area contributed by atoms with Crippen molar-refractivity contribution in [2.75, 3.05) is 0 Å². The van der Waals surface area contributed by atoms with Gasteiger partial charge >= 0.3 is 0 Å². The molecule has 0 aliphatic heterocycles. The first-order valence-corrected chi connectivity index (χ1v) is 8.11. The maximum atomic E-state index is 8.63. The molecule has 0 saturated carbocycles. The van der Waals surface area contributed by atoms with E-state index in [1.165, 1.54) is 31.2 Å². The summed E-state index contributed by atoms with van der Waals surface area (Å²) >= 11 is 0. The number of hydrogen-bond acceptors (Lipinski definition) is 2. The van der Waals surface area contributed by atoms with Crippen LogP contribution in [-0.4, -0.2) is 11.9 Å². The van der Waals surface area contributed by atoms with E-state index in [9.17, 15) is 0 Å². The molecule has 2 heteroatoms. The molecule has 2 nitrogen and oxygen atoms in total. The van der Waals surface area contributed by atoms with Crippen LogP contribution < -0.4 is 0 Å². The van der Waals surface area contributed by atoms with Crippen molar-refractivity contribution in [1.82, 2.24) is 0 Å². The summed E-state index contributed by atoms with van der Waals surface area (Å²) in [5.74, 6) is 0. The van der Waals surface area contributed by atoms with Gasteiger partial charge in [0.1, 0.15) is 6.79 Å². The van der Waals surface area contributed by atoms with E-state index in [2.05, 4.69) is 27.7 Å². The van der Waals surface area contributed by atoms with Gasteiger partial charge in [0, 0.05) is 0 Å². The molecule has 0 amide bonds. The molecule has 0 bridgehead atoms. The molecule has 0 heterocycles. The van der Waals surface area contributed by atoms with Crippen LogP contribution in [0.2, 0.25) is 0 Å². The minimum absolute atomic E-state index is 0.139. The molecule has 1 N–H and O–H groups in total. The van der Waals surface area contributed by atoms with E-state index in [0.717, 1.165) is 5.56 Å². The molecule has 21 heavy (non-hydrogen) atoms. The number of aliphatic hydroxyl groups excluding tert-OH is 1. The van der Waals surface area contributed by atoms with E-state index in [0.29, 0.717) is 0 Å². The van der Waals surface area contributed by atoms with Gasteiger partial charge in [-0.05, 0) is 12.5 Å². The van der Waals surface area contributed by atoms with E-state index < -0.39 is 0 Å². The third-order valence-corrected chi connectivity index (χ3v) is 2.01. The molecule has 0 unspecified atom stereocenters. The highest BCUT2D eigenvalue weighted by atomic mass is 16.3. The van der Waals surface area contributed by atoms with Gasteiger partial charge in [0.25, 0.3) is 0 Å². The second-order valence-corrected chi connectivity index (χ2v) is 4.20. The third-order valence-electron chi connectivity index (χ3n) is 2.01. The van der Waals surface area contributed by atoms with Gasteiger partial charge < -0.3 is 9.90 Å². The van der Waals surface area contributed by atoms with Crippen LogP contribution >= 0.6 is 0 Å². The Hall–Kier alpha value is -1.15. The van der Waals surface area contributed by atoms with Crippen LogP contribution in [0.4, 0.5) is 0 Å². The summed E-state index contributed by atoms with van der Waals surface area (Å²) in [4.78, 5) is 8.00. The van der Waals surface area contributed by atoms with Crippen LogP contribution in [0.5, 0.6) is 0 Å². The van der Waals surface area contributed by atoms with Crippen molar-refractivity contribution in [1.29, 1.82) is 0 Å². The van der Waals surface area contributed by atoms with E-state index in [1.54, 1.807) is 0 Å². The van der Waals surface area contributed by atoms with Crippen LogP contribution in [0.3, 0.4) is 0 Å². The van der Waals surface area contributed by atoms with Crippen LogP contribution in [-0.2, 0) is 11.4 Å². The lowest BCUT2D eigenvalue weighted by Gasteiger charge is -1.93. The lowest BCUT2D eigenvalue weighted by atomic mass is 10.2. The molecule has 0 aromatic heterocycles. The van der Waals surface area contributed by atoms with E-state index in [1.807, 2.05) is 51.8 Å². The van der Waals surface area contributed by atoms with E-state index in [-0.39, 0.29) is 6.61 Å². The standard InChI is InChI=1S/C8H10O.C5H12.C3H8.C2H6.CH2O/c1-7-2-4-8(6-9)5-3-7;1-3-5-4-2;1-3-2;2*1-2/h2-5,9H,6H2,1H3;3-5H2,1-2H3;3H2,1-2H3;1-2H3;1H2. The lowest BCUT2D eigenvalue weighted by molar-refractivity contribution is -0.0979. The van der Waals surface area contributed by atoms with E-state index >= 15 is 0 Å². The summed E-state index contributed by atoms with van der Waals surface area (Å²) in [6.45, 7) is 16.8. The summed E-state index contributed by atoms with van der Waals surface area (Å²) in [7, 11) is 0. The molecular formula is C19H38O2. The Morgan fingerprint density at radius 1 is 0.905 bits per heavy atom. The summed E-state index contributed by atoms with van der Waals surface area (Å²) < 4.78 is 0. The second-order valence-electron chi connectivity index (χ2n) is 4.20. The number of carbonyl (C=O) groups excluding carboxylic acids is 1. The fourth-order valence-electron chi connectivity index (χ4n) is 1.05. The monoisotopic (exact) mass is 298 g/mol. The van der Waals surface area contributed by atoms with Crippen LogP contribution in [0.1, 0.15) is 78.4 Å². The SMILES string of the molecule is C=O.CC.CCC.CCCCC.Cc1ccc(CO)cc1. The molecule has 0 atom stereocenters. The van der Waals surface area contributed by atoms with Crippen molar-refractivity contribution >= 4 is 6.79 Å². The van der Waals surface area contributed by atoms with Gasteiger partial charge in [-0.3, -0.25) is 0 Å². The highest BCUT2D eigenvalue weighted by molar-refractivity contribution is 5.20. The van der Waals surface area contributed by atoms with Crippen molar-refractivity contribution in [2.24, 2.45) is 0 Å². The minimum atomic E-state index is 0.139. The molecule has 0 saturated heterocycles. The molecule has 0 aliphatic carbocycles. The fraction of sp³-hybridized carbons (Fsp3) is 0.632. The van der Waals surface area contributed by atoms with Crippen LogP contribution in [0, 0.1) is 6.92 Å². The summed E-state index contributed by atoms with van der Waals surface area (Å²) in [5, 5.41) is 8.63. The second kappa shape index (κ2) is 31.3. The number of aliphatic hydroxyl groups is 1. The Kier molecular flexibility index (Phi) is 41.9. The van der Waals surface area contributed by atoms with Crippen LogP contribution in [0.15, 0.2) is 24.3 Å². The number of unbranched alkanes of at least 4 members (excludes halogenated alkanes) is 2. The van der Waals surface area contributed by atoms with Crippen molar-refractivity contribution in [3.8, 4) is 0 Å². The molecule has 0 fully saturated rings. The van der Waals surface area contributed by atoms with Crippen molar-refractivity contribution in [3.05, 3.63) is 35.4 Å². The molecular weight excluding hydrogens is 260 g/mol. The maximum Gasteiger partial charge on any atom is 0.106 e. The Morgan fingerprint density at radius 2 is 1.24 bits per heavy atom. The Balaban J connectivity index is -0.000000103. The molecule has 1 aromatic rings. The topological polar surface area (TPSA) is 37.3 Å². The number of carbonyl (C=O) groups is 1. The van der Waals surface area contributed by atoms with Gasteiger partial charge in [-0.1, -0.05) is 97.1 Å². The predicted octanol–water partition coefficient (Wildman–Crippen LogP) is 5.94. The van der Waals surface area contributed by atoms with Gasteiger partial charge in [-0.25, -0.2) is 0 Å². The fourth-order valence-corrected chi connectivity index (χ4v) is 1.05. The zero-order chi connectivity index (χ0) is 17.5. The summed E-state index contributed by atoms with van der Waals surface area (Å²) in [5.41, 5.74) is 2.20. The van der Waals surface area contributed by atoms with Gasteiger partial charge in [0.15, 0.2) is 0 Å². The van der Waals surface area contributed by atoms with Gasteiger partial charge in [-0.15, -0.1) is 0 Å². The average molecular weight is 299 g/mol. The molecule has 0 aliphatic rings. The number of hydrogen-bond donors (Lipinski definition) is 1. The predicted molar refractivity (Wildman–Crippen MR) is 96.7 cm³/mol. The van der Waals surface area contributed by atoms with Gasteiger partial charge in [-0.2, -0.15) is 0 Å². The van der Waals surface area contributed by atoms with E-state index in [4.69, 9.17) is 9.90 Å². The quantitative estimate of drug-likeness (QED) is 0.749. The molecule has 1 aromatic carbocycles. The third kappa shape index (κ3) is 32.4.